The van der Waals surface area contributed by atoms with Gasteiger partial charge < -0.3 is 5.73 Å². The summed E-state index contributed by atoms with van der Waals surface area (Å²) in [5, 5.41) is 0.721. The van der Waals surface area contributed by atoms with E-state index in [1.54, 1.807) is 18.7 Å². The van der Waals surface area contributed by atoms with Crippen molar-refractivity contribution in [2.75, 3.05) is 17.3 Å². The molecule has 1 aromatic rings. The van der Waals surface area contributed by atoms with Gasteiger partial charge in [-0.1, -0.05) is 18.5 Å². The summed E-state index contributed by atoms with van der Waals surface area (Å²) in [6.07, 6.45) is 1.37. The Morgan fingerprint density at radius 3 is 2.53 bits per heavy atom. The third kappa shape index (κ3) is 7.20. The molecule has 1 unspecified atom stereocenters. The molecule has 0 spiro atoms. The molecule has 0 aliphatic carbocycles. The SMILES string of the molecule is CCS(=O)(=O)CCCC(N)CSc1ccc(Cl)cc1. The average molecular weight is 322 g/mol. The van der Waals surface area contributed by atoms with E-state index in [1.807, 2.05) is 24.3 Å². The Balaban J connectivity index is 2.24. The highest BCUT2D eigenvalue weighted by Crippen LogP contribution is 2.21. The number of hydrogen-bond donors (Lipinski definition) is 1. The van der Waals surface area contributed by atoms with Gasteiger partial charge in [0.1, 0.15) is 9.84 Å². The van der Waals surface area contributed by atoms with Gasteiger partial charge in [0.2, 0.25) is 0 Å². The first-order chi connectivity index (χ1) is 8.93. The predicted molar refractivity (Wildman–Crippen MR) is 83.7 cm³/mol. The van der Waals surface area contributed by atoms with Crippen molar-refractivity contribution in [3.05, 3.63) is 29.3 Å². The first-order valence-corrected chi connectivity index (χ1v) is 9.46. The molecule has 0 aliphatic rings. The zero-order valence-corrected chi connectivity index (χ0v) is 13.4. The minimum absolute atomic E-state index is 0.0211. The van der Waals surface area contributed by atoms with Crippen molar-refractivity contribution in [2.45, 2.75) is 30.7 Å². The molecule has 1 rings (SSSR count). The fraction of sp³-hybridized carbons (Fsp3) is 0.538. The van der Waals surface area contributed by atoms with E-state index in [4.69, 9.17) is 17.3 Å². The lowest BCUT2D eigenvalue weighted by Gasteiger charge is -2.11. The van der Waals surface area contributed by atoms with Crippen molar-refractivity contribution in [1.29, 1.82) is 0 Å². The second-order valence-electron chi connectivity index (χ2n) is 4.40. The topological polar surface area (TPSA) is 60.2 Å². The van der Waals surface area contributed by atoms with Crippen LogP contribution >= 0.6 is 23.4 Å². The number of nitrogens with two attached hydrogens (primary N) is 1. The summed E-state index contributed by atoms with van der Waals surface area (Å²) >= 11 is 7.48. The monoisotopic (exact) mass is 321 g/mol. The molecule has 19 heavy (non-hydrogen) atoms. The Hall–Kier alpha value is -0.230. The Kier molecular flexibility index (Phi) is 7.21. The van der Waals surface area contributed by atoms with Gasteiger partial charge in [-0.15, -0.1) is 11.8 Å². The van der Waals surface area contributed by atoms with Crippen LogP contribution in [0.15, 0.2) is 29.2 Å². The summed E-state index contributed by atoms with van der Waals surface area (Å²) < 4.78 is 22.7. The van der Waals surface area contributed by atoms with Gasteiger partial charge in [-0.2, -0.15) is 0 Å². The molecular weight excluding hydrogens is 302 g/mol. The van der Waals surface area contributed by atoms with Crippen LogP contribution in [0.5, 0.6) is 0 Å². The minimum atomic E-state index is -2.86. The summed E-state index contributed by atoms with van der Waals surface area (Å²) in [6.45, 7) is 1.67. The van der Waals surface area contributed by atoms with Crippen molar-refractivity contribution in [3.8, 4) is 0 Å². The van der Waals surface area contributed by atoms with Gasteiger partial charge in [-0.25, -0.2) is 8.42 Å². The number of halogens is 1. The normalized spacial score (nSPS) is 13.4. The second kappa shape index (κ2) is 8.15. The van der Waals surface area contributed by atoms with Crippen LogP contribution in [-0.2, 0) is 9.84 Å². The Bertz CT molecular complexity index is 474. The quantitative estimate of drug-likeness (QED) is 0.748. The maximum absolute atomic E-state index is 11.3. The van der Waals surface area contributed by atoms with Crippen molar-refractivity contribution in [2.24, 2.45) is 5.73 Å². The molecule has 0 saturated heterocycles. The maximum atomic E-state index is 11.3. The smallest absolute Gasteiger partial charge is 0.150 e. The lowest BCUT2D eigenvalue weighted by atomic mass is 10.2. The zero-order valence-electron chi connectivity index (χ0n) is 11.0. The van der Waals surface area contributed by atoms with Crippen LogP contribution in [0, 0.1) is 0 Å². The van der Waals surface area contributed by atoms with E-state index in [2.05, 4.69) is 0 Å². The first-order valence-electron chi connectivity index (χ1n) is 6.27. The predicted octanol–water partition coefficient (Wildman–Crippen LogP) is 2.97. The number of rotatable bonds is 8. The molecule has 0 amide bonds. The van der Waals surface area contributed by atoms with E-state index >= 15 is 0 Å². The molecule has 0 heterocycles. The highest BCUT2D eigenvalue weighted by molar-refractivity contribution is 7.99. The summed E-state index contributed by atoms with van der Waals surface area (Å²) in [5.41, 5.74) is 5.98. The van der Waals surface area contributed by atoms with Crippen molar-refractivity contribution in [1.82, 2.24) is 0 Å². The van der Waals surface area contributed by atoms with Gasteiger partial charge >= 0.3 is 0 Å². The lowest BCUT2D eigenvalue weighted by Crippen LogP contribution is -2.24. The number of thioether (sulfide) groups is 1. The molecule has 6 heteroatoms. The molecule has 0 saturated carbocycles. The number of benzene rings is 1. The first kappa shape index (κ1) is 16.8. The van der Waals surface area contributed by atoms with Gasteiger partial charge in [0.05, 0.1) is 5.75 Å². The lowest BCUT2D eigenvalue weighted by molar-refractivity contribution is 0.587. The van der Waals surface area contributed by atoms with Crippen LogP contribution in [0.2, 0.25) is 5.02 Å². The van der Waals surface area contributed by atoms with Crippen LogP contribution in [-0.4, -0.2) is 31.7 Å². The molecule has 1 atom stereocenters. The second-order valence-corrected chi connectivity index (χ2v) is 8.41. The summed E-state index contributed by atoms with van der Waals surface area (Å²) in [7, 11) is -2.86. The van der Waals surface area contributed by atoms with E-state index in [-0.39, 0.29) is 17.5 Å². The highest BCUT2D eigenvalue weighted by Gasteiger charge is 2.09. The fourth-order valence-electron chi connectivity index (χ4n) is 1.53. The van der Waals surface area contributed by atoms with Crippen molar-refractivity contribution < 1.29 is 8.42 Å². The van der Waals surface area contributed by atoms with Crippen LogP contribution < -0.4 is 5.73 Å². The Labute approximate surface area is 124 Å². The summed E-state index contributed by atoms with van der Waals surface area (Å²) in [5.74, 6) is 1.23. The van der Waals surface area contributed by atoms with E-state index in [1.165, 1.54) is 0 Å². The van der Waals surface area contributed by atoms with E-state index in [0.29, 0.717) is 6.42 Å². The molecule has 0 radical (unpaired) electrons. The number of sulfone groups is 1. The Morgan fingerprint density at radius 1 is 1.32 bits per heavy atom. The van der Waals surface area contributed by atoms with Crippen LogP contribution in [0.4, 0.5) is 0 Å². The zero-order chi connectivity index (χ0) is 14.3. The minimum Gasteiger partial charge on any atom is -0.327 e. The molecular formula is C13H20ClNO2S2. The van der Waals surface area contributed by atoms with Gasteiger partial charge in [0.15, 0.2) is 0 Å². The van der Waals surface area contributed by atoms with E-state index in [0.717, 1.165) is 22.1 Å². The average Bonchev–Trinajstić information content (AvgIpc) is 2.38. The molecule has 1 aromatic carbocycles. The van der Waals surface area contributed by atoms with Crippen molar-refractivity contribution in [3.63, 3.8) is 0 Å². The van der Waals surface area contributed by atoms with Gasteiger partial charge in [-0.3, -0.25) is 0 Å². The highest BCUT2D eigenvalue weighted by atomic mass is 35.5. The third-order valence-corrected chi connectivity index (χ3v) is 5.99. The molecule has 108 valence electrons. The van der Waals surface area contributed by atoms with Crippen LogP contribution in [0.1, 0.15) is 19.8 Å². The standard InChI is InChI=1S/C13H20ClNO2S2/c1-2-19(16,17)9-3-4-12(15)10-18-13-7-5-11(14)6-8-13/h5-8,12H,2-4,9-10,15H2,1H3. The van der Waals surface area contributed by atoms with Crippen LogP contribution in [0.25, 0.3) is 0 Å². The van der Waals surface area contributed by atoms with Crippen LogP contribution in [0.3, 0.4) is 0 Å². The molecule has 2 N–H and O–H groups in total. The Morgan fingerprint density at radius 2 is 1.95 bits per heavy atom. The summed E-state index contributed by atoms with van der Waals surface area (Å²) in [6, 6.07) is 7.64. The summed E-state index contributed by atoms with van der Waals surface area (Å²) in [4.78, 5) is 1.13. The molecule has 0 bridgehead atoms. The number of hydrogen-bond acceptors (Lipinski definition) is 4. The van der Waals surface area contributed by atoms with Gasteiger partial charge in [0, 0.05) is 27.5 Å². The van der Waals surface area contributed by atoms with E-state index in [9.17, 15) is 8.42 Å². The van der Waals surface area contributed by atoms with E-state index < -0.39 is 9.84 Å². The van der Waals surface area contributed by atoms with Gasteiger partial charge in [-0.05, 0) is 37.1 Å². The fourth-order valence-corrected chi connectivity index (χ4v) is 3.45. The van der Waals surface area contributed by atoms with Gasteiger partial charge in [0.25, 0.3) is 0 Å². The van der Waals surface area contributed by atoms with Crippen molar-refractivity contribution >= 4 is 33.2 Å². The maximum Gasteiger partial charge on any atom is 0.150 e. The molecule has 0 aliphatic heterocycles. The largest absolute Gasteiger partial charge is 0.327 e. The molecule has 3 nitrogen and oxygen atoms in total. The molecule has 0 fully saturated rings. The third-order valence-electron chi connectivity index (χ3n) is 2.75. The molecule has 0 aromatic heterocycles.